The van der Waals surface area contributed by atoms with Crippen molar-refractivity contribution in [1.29, 1.82) is 0 Å². The van der Waals surface area contributed by atoms with Crippen molar-refractivity contribution < 1.29 is 0 Å². The SMILES string of the molecule is Cc1cccc(C2(c3ccccc3)c3ccccc3-c3ccc(C)cc32)c1. The molecule has 0 N–H and O–H groups in total. The van der Waals surface area contributed by atoms with E-state index in [0.717, 1.165) is 0 Å². The van der Waals surface area contributed by atoms with Crippen molar-refractivity contribution in [1.82, 2.24) is 0 Å². The first-order chi connectivity index (χ1) is 13.2. The molecule has 130 valence electrons. The molecule has 0 fully saturated rings. The van der Waals surface area contributed by atoms with Crippen molar-refractivity contribution >= 4 is 0 Å². The summed E-state index contributed by atoms with van der Waals surface area (Å²) in [5, 5.41) is 0. The molecular formula is C27H22. The van der Waals surface area contributed by atoms with E-state index in [1.165, 1.54) is 44.5 Å². The summed E-state index contributed by atoms with van der Waals surface area (Å²) in [7, 11) is 0. The van der Waals surface area contributed by atoms with Crippen molar-refractivity contribution in [3.8, 4) is 11.1 Å². The van der Waals surface area contributed by atoms with Gasteiger partial charge in [0.25, 0.3) is 0 Å². The highest BCUT2D eigenvalue weighted by Crippen LogP contribution is 2.56. The molecule has 1 aliphatic rings. The van der Waals surface area contributed by atoms with Crippen LogP contribution in [-0.2, 0) is 5.41 Å². The van der Waals surface area contributed by atoms with Gasteiger partial charge >= 0.3 is 0 Å². The molecule has 1 aliphatic carbocycles. The van der Waals surface area contributed by atoms with Gasteiger partial charge in [-0.2, -0.15) is 0 Å². The van der Waals surface area contributed by atoms with Crippen molar-refractivity contribution in [3.05, 3.63) is 130 Å². The van der Waals surface area contributed by atoms with E-state index >= 15 is 0 Å². The van der Waals surface area contributed by atoms with Crippen LogP contribution in [0.1, 0.15) is 33.4 Å². The van der Waals surface area contributed by atoms with Gasteiger partial charge in [0, 0.05) is 0 Å². The van der Waals surface area contributed by atoms with E-state index in [9.17, 15) is 0 Å². The lowest BCUT2D eigenvalue weighted by atomic mass is 9.67. The van der Waals surface area contributed by atoms with Crippen LogP contribution in [0.5, 0.6) is 0 Å². The largest absolute Gasteiger partial charge is 0.0713 e. The fourth-order valence-electron chi connectivity index (χ4n) is 4.75. The van der Waals surface area contributed by atoms with Gasteiger partial charge in [-0.3, -0.25) is 0 Å². The molecule has 0 bridgehead atoms. The molecular weight excluding hydrogens is 324 g/mol. The first-order valence-corrected chi connectivity index (χ1v) is 9.55. The Morgan fingerprint density at radius 1 is 0.481 bits per heavy atom. The van der Waals surface area contributed by atoms with Gasteiger partial charge in [0.05, 0.1) is 5.41 Å². The molecule has 0 saturated heterocycles. The van der Waals surface area contributed by atoms with Crippen LogP contribution in [0.2, 0.25) is 0 Å². The van der Waals surface area contributed by atoms with E-state index < -0.39 is 0 Å². The maximum absolute atomic E-state index is 2.38. The van der Waals surface area contributed by atoms with Gasteiger partial charge in [-0.05, 0) is 47.2 Å². The molecule has 0 heterocycles. The topological polar surface area (TPSA) is 0 Å². The average molecular weight is 346 g/mol. The van der Waals surface area contributed by atoms with E-state index in [-0.39, 0.29) is 5.41 Å². The van der Waals surface area contributed by atoms with Crippen LogP contribution < -0.4 is 0 Å². The van der Waals surface area contributed by atoms with Gasteiger partial charge in [0.15, 0.2) is 0 Å². The number of rotatable bonds is 2. The Labute approximate surface area is 161 Å². The third-order valence-corrected chi connectivity index (χ3v) is 5.86. The van der Waals surface area contributed by atoms with Crippen LogP contribution in [0, 0.1) is 13.8 Å². The Morgan fingerprint density at radius 2 is 1.15 bits per heavy atom. The number of hydrogen-bond donors (Lipinski definition) is 0. The van der Waals surface area contributed by atoms with Gasteiger partial charge in [0.2, 0.25) is 0 Å². The second kappa shape index (κ2) is 5.96. The lowest BCUT2D eigenvalue weighted by molar-refractivity contribution is 0.766. The average Bonchev–Trinajstić information content (AvgIpc) is 2.99. The highest BCUT2D eigenvalue weighted by atomic mass is 14.5. The minimum atomic E-state index is -0.273. The molecule has 0 nitrogen and oxygen atoms in total. The van der Waals surface area contributed by atoms with Crippen LogP contribution in [0.25, 0.3) is 11.1 Å². The van der Waals surface area contributed by atoms with E-state index in [4.69, 9.17) is 0 Å². The van der Waals surface area contributed by atoms with Crippen molar-refractivity contribution in [3.63, 3.8) is 0 Å². The Bertz CT molecular complexity index is 1140. The fraction of sp³-hybridized carbons (Fsp3) is 0.111. The fourth-order valence-corrected chi connectivity index (χ4v) is 4.75. The zero-order valence-electron chi connectivity index (χ0n) is 15.7. The monoisotopic (exact) mass is 346 g/mol. The number of aryl methyl sites for hydroxylation is 2. The van der Waals surface area contributed by atoms with Crippen LogP contribution in [0.3, 0.4) is 0 Å². The lowest BCUT2D eigenvalue weighted by Crippen LogP contribution is -2.28. The Hall–Kier alpha value is -3.12. The maximum Gasteiger partial charge on any atom is 0.0713 e. The zero-order valence-corrected chi connectivity index (χ0v) is 15.7. The number of benzene rings is 4. The Balaban J connectivity index is 1.99. The molecule has 1 atom stereocenters. The molecule has 4 aromatic carbocycles. The lowest BCUT2D eigenvalue weighted by Gasteiger charge is -2.34. The summed E-state index contributed by atoms with van der Waals surface area (Å²) >= 11 is 0. The van der Waals surface area contributed by atoms with Crippen LogP contribution >= 0.6 is 0 Å². The summed E-state index contributed by atoms with van der Waals surface area (Å²) in [4.78, 5) is 0. The molecule has 0 aromatic heterocycles. The summed E-state index contributed by atoms with van der Waals surface area (Å²) in [5.74, 6) is 0. The summed E-state index contributed by atoms with van der Waals surface area (Å²) in [5.41, 5.74) is 10.4. The molecule has 0 heteroatoms. The van der Waals surface area contributed by atoms with E-state index in [0.29, 0.717) is 0 Å². The van der Waals surface area contributed by atoms with Crippen LogP contribution in [0.15, 0.2) is 97.1 Å². The second-order valence-corrected chi connectivity index (χ2v) is 7.58. The van der Waals surface area contributed by atoms with E-state index in [1.54, 1.807) is 0 Å². The molecule has 27 heavy (non-hydrogen) atoms. The van der Waals surface area contributed by atoms with Crippen LogP contribution in [-0.4, -0.2) is 0 Å². The third-order valence-electron chi connectivity index (χ3n) is 5.86. The van der Waals surface area contributed by atoms with E-state index in [2.05, 4.69) is 111 Å². The first kappa shape index (κ1) is 16.1. The Kier molecular flexibility index (Phi) is 3.55. The highest BCUT2D eigenvalue weighted by Gasteiger charge is 2.45. The van der Waals surface area contributed by atoms with Crippen molar-refractivity contribution in [2.75, 3.05) is 0 Å². The minimum Gasteiger partial charge on any atom is -0.0622 e. The predicted octanol–water partition coefficient (Wildman–Crippen LogP) is 6.67. The molecule has 0 aliphatic heterocycles. The summed E-state index contributed by atoms with van der Waals surface area (Å²) < 4.78 is 0. The third kappa shape index (κ3) is 2.23. The van der Waals surface area contributed by atoms with Gasteiger partial charge in [0.1, 0.15) is 0 Å². The van der Waals surface area contributed by atoms with E-state index in [1.807, 2.05) is 0 Å². The molecule has 5 rings (SSSR count). The van der Waals surface area contributed by atoms with Gasteiger partial charge in [-0.15, -0.1) is 0 Å². The first-order valence-electron chi connectivity index (χ1n) is 9.55. The molecule has 0 saturated carbocycles. The van der Waals surface area contributed by atoms with Gasteiger partial charge < -0.3 is 0 Å². The number of hydrogen-bond acceptors (Lipinski definition) is 0. The summed E-state index contributed by atoms with van der Waals surface area (Å²) in [6.07, 6.45) is 0. The zero-order chi connectivity index (χ0) is 18.4. The van der Waals surface area contributed by atoms with Gasteiger partial charge in [-0.1, -0.05) is 108 Å². The summed E-state index contributed by atoms with van der Waals surface area (Å²) in [6.45, 7) is 4.37. The highest BCUT2D eigenvalue weighted by molar-refractivity contribution is 5.86. The van der Waals surface area contributed by atoms with Gasteiger partial charge in [-0.25, -0.2) is 0 Å². The van der Waals surface area contributed by atoms with Crippen molar-refractivity contribution in [2.45, 2.75) is 19.3 Å². The quantitative estimate of drug-likeness (QED) is 0.335. The van der Waals surface area contributed by atoms with Crippen LogP contribution in [0.4, 0.5) is 0 Å². The minimum absolute atomic E-state index is 0.273. The smallest absolute Gasteiger partial charge is 0.0622 e. The predicted molar refractivity (Wildman–Crippen MR) is 113 cm³/mol. The summed E-state index contributed by atoms with van der Waals surface area (Å²) in [6, 6.07) is 35.8. The van der Waals surface area contributed by atoms with Crippen molar-refractivity contribution in [2.24, 2.45) is 0 Å². The molecule has 0 radical (unpaired) electrons. The normalized spacial score (nSPS) is 17.4. The standard InChI is InChI=1S/C27H22/c1-19-9-8-12-22(17-19)27(21-10-4-3-5-11-21)25-14-7-6-13-23(25)24-16-15-20(2)18-26(24)27/h3-18H,1-2H3. The molecule has 1 unspecified atom stereocenters. The molecule has 0 amide bonds. The maximum atomic E-state index is 2.38. The Morgan fingerprint density at radius 3 is 1.96 bits per heavy atom. The molecule has 4 aromatic rings. The molecule has 0 spiro atoms. The number of fused-ring (bicyclic) bond motifs is 3. The second-order valence-electron chi connectivity index (χ2n) is 7.58.